The Kier molecular flexibility index (Phi) is 6.19. The summed E-state index contributed by atoms with van der Waals surface area (Å²) in [5.41, 5.74) is 1.01. The zero-order valence-corrected chi connectivity index (χ0v) is 12.6. The summed E-state index contributed by atoms with van der Waals surface area (Å²) >= 11 is 0. The first-order valence-electron chi connectivity index (χ1n) is 7.27. The molecule has 7 heteroatoms. The molecule has 2 amide bonds. The van der Waals surface area contributed by atoms with E-state index < -0.39 is 0 Å². The minimum absolute atomic E-state index is 0.0983. The van der Waals surface area contributed by atoms with Crippen molar-refractivity contribution in [2.24, 2.45) is 0 Å². The fourth-order valence-electron chi connectivity index (χ4n) is 1.96. The summed E-state index contributed by atoms with van der Waals surface area (Å²) < 4.78 is 1.82. The molecule has 0 aromatic carbocycles. The topological polar surface area (TPSA) is 95.2 Å². The predicted octanol–water partition coefficient (Wildman–Crippen LogP) is -0.479. The molecule has 0 unspecified atom stereocenters. The van der Waals surface area contributed by atoms with Crippen LogP contribution in [0, 0.1) is 0 Å². The van der Waals surface area contributed by atoms with Gasteiger partial charge in [-0.15, -0.1) is 0 Å². The molecule has 0 spiro atoms. The van der Waals surface area contributed by atoms with Crippen LogP contribution in [0.5, 0.6) is 0 Å². The standard InChI is InChI=1S/C16H18N4O3/c21-10-7-19-16(23)14-4-2-8-20(12-14)9-6-18-15(22)13-3-1-5-17-11-13/h1-5,8,11-12,21H,6-7,9-10H2,(H-,18,19,22,23)/p+1. The fourth-order valence-corrected chi connectivity index (χ4v) is 1.96. The molecule has 0 fully saturated rings. The van der Waals surface area contributed by atoms with Crippen LogP contribution in [0.4, 0.5) is 0 Å². The minimum Gasteiger partial charge on any atom is -0.395 e. The summed E-state index contributed by atoms with van der Waals surface area (Å²) in [6, 6.07) is 6.86. The lowest BCUT2D eigenvalue weighted by atomic mass is 10.2. The molecule has 0 saturated heterocycles. The van der Waals surface area contributed by atoms with Crippen molar-refractivity contribution in [3.8, 4) is 0 Å². The lowest BCUT2D eigenvalue weighted by molar-refractivity contribution is -0.695. The zero-order valence-electron chi connectivity index (χ0n) is 12.6. The number of nitrogens with zero attached hydrogens (tertiary/aromatic N) is 2. The van der Waals surface area contributed by atoms with E-state index in [1.165, 1.54) is 6.20 Å². The van der Waals surface area contributed by atoms with E-state index in [0.717, 1.165) is 0 Å². The van der Waals surface area contributed by atoms with Crippen LogP contribution in [0.2, 0.25) is 0 Å². The van der Waals surface area contributed by atoms with Gasteiger partial charge in [0.25, 0.3) is 11.8 Å². The van der Waals surface area contributed by atoms with Crippen LogP contribution in [-0.2, 0) is 6.54 Å². The Morgan fingerprint density at radius 1 is 1.09 bits per heavy atom. The second kappa shape index (κ2) is 8.60. The molecule has 2 aromatic rings. The van der Waals surface area contributed by atoms with Gasteiger partial charge in [0.05, 0.1) is 18.7 Å². The number of pyridine rings is 2. The van der Waals surface area contributed by atoms with Crippen molar-refractivity contribution in [1.29, 1.82) is 0 Å². The number of hydrogen-bond acceptors (Lipinski definition) is 4. The lowest BCUT2D eigenvalue weighted by Crippen LogP contribution is -2.41. The third-order valence-corrected chi connectivity index (χ3v) is 3.10. The van der Waals surface area contributed by atoms with E-state index in [2.05, 4.69) is 15.6 Å². The molecule has 2 heterocycles. The number of rotatable bonds is 7. The molecule has 0 atom stereocenters. The van der Waals surface area contributed by atoms with Gasteiger partial charge in [0.15, 0.2) is 18.9 Å². The summed E-state index contributed by atoms with van der Waals surface area (Å²) in [7, 11) is 0. The summed E-state index contributed by atoms with van der Waals surface area (Å²) in [6.07, 6.45) is 6.64. The van der Waals surface area contributed by atoms with Crippen LogP contribution >= 0.6 is 0 Å². The van der Waals surface area contributed by atoms with Crippen molar-refractivity contribution in [2.75, 3.05) is 19.7 Å². The molecule has 7 nitrogen and oxygen atoms in total. The van der Waals surface area contributed by atoms with Gasteiger partial charge >= 0.3 is 0 Å². The van der Waals surface area contributed by atoms with Crippen molar-refractivity contribution in [1.82, 2.24) is 15.6 Å². The average molecular weight is 315 g/mol. The first-order chi connectivity index (χ1) is 11.2. The van der Waals surface area contributed by atoms with Gasteiger partial charge in [0, 0.05) is 25.0 Å². The lowest BCUT2D eigenvalue weighted by Gasteiger charge is -2.04. The highest BCUT2D eigenvalue weighted by Crippen LogP contribution is 1.95. The Balaban J connectivity index is 1.86. The Bertz CT molecular complexity index is 661. The Hall–Kier alpha value is -2.80. The summed E-state index contributed by atoms with van der Waals surface area (Å²) in [4.78, 5) is 27.6. The summed E-state index contributed by atoms with van der Waals surface area (Å²) in [5.74, 6) is -0.427. The van der Waals surface area contributed by atoms with E-state index >= 15 is 0 Å². The highest BCUT2D eigenvalue weighted by atomic mass is 16.3. The molecule has 0 aliphatic carbocycles. The molecule has 120 valence electrons. The van der Waals surface area contributed by atoms with Gasteiger partial charge in [0.1, 0.15) is 5.56 Å². The number of aliphatic hydroxyl groups is 1. The fraction of sp³-hybridized carbons (Fsp3) is 0.250. The molecule has 0 radical (unpaired) electrons. The van der Waals surface area contributed by atoms with Gasteiger partial charge in [-0.3, -0.25) is 14.6 Å². The van der Waals surface area contributed by atoms with Crippen molar-refractivity contribution in [3.63, 3.8) is 0 Å². The van der Waals surface area contributed by atoms with E-state index in [-0.39, 0.29) is 25.0 Å². The zero-order chi connectivity index (χ0) is 16.5. The van der Waals surface area contributed by atoms with E-state index in [1.54, 1.807) is 36.7 Å². The smallest absolute Gasteiger partial charge is 0.257 e. The number of carbonyl (C=O) groups is 2. The third-order valence-electron chi connectivity index (χ3n) is 3.10. The SMILES string of the molecule is O=C(NCCO)c1ccc[n+](CCNC(=O)c2cccnc2)c1. The molecule has 0 aliphatic heterocycles. The van der Waals surface area contributed by atoms with E-state index in [0.29, 0.717) is 24.2 Å². The highest BCUT2D eigenvalue weighted by molar-refractivity contribution is 5.94. The predicted molar refractivity (Wildman–Crippen MR) is 82.6 cm³/mol. The maximum Gasteiger partial charge on any atom is 0.257 e. The van der Waals surface area contributed by atoms with Gasteiger partial charge in [-0.25, -0.2) is 4.57 Å². The van der Waals surface area contributed by atoms with Crippen LogP contribution in [0.3, 0.4) is 0 Å². The number of aliphatic hydroxyl groups excluding tert-OH is 1. The normalized spacial score (nSPS) is 10.1. The maximum atomic E-state index is 11.9. The number of aromatic nitrogens is 2. The van der Waals surface area contributed by atoms with Gasteiger partial charge in [-0.1, -0.05) is 0 Å². The van der Waals surface area contributed by atoms with Crippen molar-refractivity contribution >= 4 is 11.8 Å². The van der Waals surface area contributed by atoms with Crippen LogP contribution < -0.4 is 15.2 Å². The van der Waals surface area contributed by atoms with Crippen molar-refractivity contribution in [2.45, 2.75) is 6.54 Å². The molecule has 23 heavy (non-hydrogen) atoms. The van der Waals surface area contributed by atoms with E-state index in [1.807, 2.05) is 10.8 Å². The number of nitrogens with one attached hydrogen (secondary N) is 2. The van der Waals surface area contributed by atoms with Gasteiger partial charge in [-0.05, 0) is 18.2 Å². The quantitative estimate of drug-likeness (QED) is 0.602. The Morgan fingerprint density at radius 2 is 1.83 bits per heavy atom. The third kappa shape index (κ3) is 5.15. The number of carbonyl (C=O) groups excluding carboxylic acids is 2. The monoisotopic (exact) mass is 315 g/mol. The van der Waals surface area contributed by atoms with Gasteiger partial charge in [0.2, 0.25) is 0 Å². The first-order valence-corrected chi connectivity index (χ1v) is 7.27. The maximum absolute atomic E-state index is 11.9. The summed E-state index contributed by atoms with van der Waals surface area (Å²) in [6.45, 7) is 1.08. The molecule has 3 N–H and O–H groups in total. The Morgan fingerprint density at radius 3 is 2.57 bits per heavy atom. The van der Waals surface area contributed by atoms with Gasteiger partial charge < -0.3 is 15.7 Å². The van der Waals surface area contributed by atoms with Crippen LogP contribution in [0.1, 0.15) is 20.7 Å². The van der Waals surface area contributed by atoms with E-state index in [4.69, 9.17) is 5.11 Å². The minimum atomic E-state index is -0.243. The Labute approximate surface area is 134 Å². The molecule has 0 bridgehead atoms. The van der Waals surface area contributed by atoms with Crippen molar-refractivity contribution in [3.05, 3.63) is 60.2 Å². The van der Waals surface area contributed by atoms with Crippen LogP contribution in [-0.4, -0.2) is 41.6 Å². The summed E-state index contributed by atoms with van der Waals surface area (Å²) in [5, 5.41) is 14.1. The molecule has 0 aliphatic rings. The first kappa shape index (κ1) is 16.6. The highest BCUT2D eigenvalue weighted by Gasteiger charge is 2.11. The van der Waals surface area contributed by atoms with Crippen molar-refractivity contribution < 1.29 is 19.3 Å². The van der Waals surface area contributed by atoms with Crippen LogP contribution in [0.15, 0.2) is 49.1 Å². The molecular formula is C16H19N4O3+. The van der Waals surface area contributed by atoms with Gasteiger partial charge in [-0.2, -0.15) is 0 Å². The van der Waals surface area contributed by atoms with Crippen LogP contribution in [0.25, 0.3) is 0 Å². The molecular weight excluding hydrogens is 296 g/mol. The average Bonchev–Trinajstić information content (AvgIpc) is 2.60. The molecule has 0 saturated carbocycles. The number of hydrogen-bond donors (Lipinski definition) is 3. The second-order valence-corrected chi connectivity index (χ2v) is 4.81. The number of amides is 2. The second-order valence-electron chi connectivity index (χ2n) is 4.81. The molecule has 2 rings (SSSR count). The molecule has 2 aromatic heterocycles. The van der Waals surface area contributed by atoms with E-state index in [9.17, 15) is 9.59 Å². The largest absolute Gasteiger partial charge is 0.395 e.